The van der Waals surface area contributed by atoms with Gasteiger partial charge < -0.3 is 15.0 Å². The van der Waals surface area contributed by atoms with Crippen molar-refractivity contribution in [1.29, 1.82) is 0 Å². The van der Waals surface area contributed by atoms with Gasteiger partial charge in [0.05, 0.1) is 0 Å². The van der Waals surface area contributed by atoms with Gasteiger partial charge in [0, 0.05) is 16.6 Å². The molecule has 2 atom stereocenters. The van der Waals surface area contributed by atoms with Crippen molar-refractivity contribution in [3.05, 3.63) is 33.8 Å². The smallest absolute Gasteiger partial charge is 0.275 e. The van der Waals surface area contributed by atoms with E-state index in [0.717, 1.165) is 18.7 Å². The van der Waals surface area contributed by atoms with Crippen LogP contribution in [0.1, 0.15) is 19.4 Å². The summed E-state index contributed by atoms with van der Waals surface area (Å²) in [4.78, 5) is 13.3. The monoisotopic (exact) mass is 331 g/mol. The summed E-state index contributed by atoms with van der Waals surface area (Å²) in [5.74, 6) is 0.0253. The number of ether oxygens (including phenoxy) is 1. The van der Waals surface area contributed by atoms with Crippen LogP contribution in [-0.4, -0.2) is 37.7 Å². The Hall–Kier alpha value is -0.810. The highest BCUT2D eigenvalue weighted by atomic mass is 35.5. The number of halogens is 2. The molecule has 0 bridgehead atoms. The molecule has 0 spiro atoms. The molecule has 2 N–H and O–H groups in total. The van der Waals surface area contributed by atoms with Crippen molar-refractivity contribution in [3.63, 3.8) is 0 Å². The lowest BCUT2D eigenvalue weighted by Crippen LogP contribution is -3.16. The summed E-state index contributed by atoms with van der Waals surface area (Å²) in [6, 6.07) is 5.28. The Labute approximate surface area is 135 Å². The van der Waals surface area contributed by atoms with E-state index in [1.165, 1.54) is 4.90 Å². The number of carbonyl (C=O) groups excluding carboxylic acids is 1. The molecule has 1 aliphatic rings. The SMILES string of the molecule is C[C@@H]1C[NH+](CC(=O)NCc2ccc(Cl)cc2Cl)C[C@@H](C)O1. The van der Waals surface area contributed by atoms with Crippen molar-refractivity contribution >= 4 is 29.1 Å². The molecule has 1 heterocycles. The Morgan fingerprint density at radius 2 is 2.00 bits per heavy atom. The van der Waals surface area contributed by atoms with Crippen molar-refractivity contribution < 1.29 is 14.4 Å². The van der Waals surface area contributed by atoms with E-state index in [1.54, 1.807) is 12.1 Å². The normalized spacial score (nSPS) is 25.6. The van der Waals surface area contributed by atoms with Gasteiger partial charge in [0.1, 0.15) is 25.3 Å². The van der Waals surface area contributed by atoms with E-state index in [4.69, 9.17) is 27.9 Å². The number of morpholine rings is 1. The molecule has 21 heavy (non-hydrogen) atoms. The summed E-state index contributed by atoms with van der Waals surface area (Å²) in [6.45, 7) is 6.69. The third kappa shape index (κ3) is 5.15. The molecule has 6 heteroatoms. The van der Waals surface area contributed by atoms with Crippen molar-refractivity contribution in [2.75, 3.05) is 19.6 Å². The zero-order valence-electron chi connectivity index (χ0n) is 12.3. The van der Waals surface area contributed by atoms with Gasteiger partial charge in [-0.15, -0.1) is 0 Å². The second-order valence-electron chi connectivity index (χ2n) is 5.60. The van der Waals surface area contributed by atoms with Crippen LogP contribution in [-0.2, 0) is 16.1 Å². The van der Waals surface area contributed by atoms with Crippen molar-refractivity contribution in [2.45, 2.75) is 32.6 Å². The molecule has 0 aromatic heterocycles. The molecule has 0 radical (unpaired) electrons. The van der Waals surface area contributed by atoms with Crippen LogP contribution < -0.4 is 10.2 Å². The standard InChI is InChI=1S/C15H20Cl2N2O2/c1-10-7-19(8-11(2)21-10)9-15(20)18-6-12-3-4-13(16)5-14(12)17/h3-5,10-11H,6-9H2,1-2H3,(H,18,20)/p+1/t10-,11-/m1/s1. The molecule has 1 fully saturated rings. The fraction of sp³-hybridized carbons (Fsp3) is 0.533. The van der Waals surface area contributed by atoms with Crippen molar-refractivity contribution in [1.82, 2.24) is 5.32 Å². The zero-order chi connectivity index (χ0) is 15.4. The molecule has 1 aliphatic heterocycles. The lowest BCUT2D eigenvalue weighted by Gasteiger charge is -2.31. The molecule has 1 aromatic rings. The van der Waals surface area contributed by atoms with Gasteiger partial charge >= 0.3 is 0 Å². The van der Waals surface area contributed by atoms with E-state index >= 15 is 0 Å². The first kappa shape index (κ1) is 16.6. The largest absolute Gasteiger partial charge is 0.364 e. The molecule has 1 saturated heterocycles. The maximum absolute atomic E-state index is 12.0. The predicted molar refractivity (Wildman–Crippen MR) is 83.9 cm³/mol. The average Bonchev–Trinajstić information content (AvgIpc) is 2.36. The second-order valence-corrected chi connectivity index (χ2v) is 6.45. The molecule has 1 aromatic carbocycles. The van der Waals surface area contributed by atoms with Crippen LogP contribution in [0.25, 0.3) is 0 Å². The third-order valence-corrected chi connectivity index (χ3v) is 4.11. The Morgan fingerprint density at radius 1 is 1.33 bits per heavy atom. The van der Waals surface area contributed by atoms with Crippen LogP contribution in [0.15, 0.2) is 18.2 Å². The molecular weight excluding hydrogens is 311 g/mol. The molecular formula is C15H21Cl2N2O2+. The fourth-order valence-electron chi connectivity index (χ4n) is 2.68. The summed E-state index contributed by atoms with van der Waals surface area (Å²) in [6.07, 6.45) is 0.393. The van der Waals surface area contributed by atoms with Gasteiger partial charge in [-0.05, 0) is 31.5 Å². The first-order chi connectivity index (χ1) is 9.94. The minimum absolute atomic E-state index is 0.0253. The lowest BCUT2D eigenvalue weighted by atomic mass is 10.2. The van der Waals surface area contributed by atoms with Gasteiger partial charge in [-0.1, -0.05) is 29.3 Å². The number of quaternary nitrogens is 1. The minimum atomic E-state index is 0.0253. The van der Waals surface area contributed by atoms with Gasteiger partial charge in [0.15, 0.2) is 6.54 Å². The molecule has 4 nitrogen and oxygen atoms in total. The van der Waals surface area contributed by atoms with Gasteiger partial charge in [-0.3, -0.25) is 4.79 Å². The summed E-state index contributed by atoms with van der Waals surface area (Å²) in [5, 5.41) is 4.07. The Bertz CT molecular complexity index is 500. The highest BCUT2D eigenvalue weighted by Crippen LogP contribution is 2.20. The summed E-state index contributed by atoms with van der Waals surface area (Å²) < 4.78 is 5.67. The van der Waals surface area contributed by atoms with E-state index in [1.807, 2.05) is 19.9 Å². The van der Waals surface area contributed by atoms with Gasteiger partial charge in [-0.2, -0.15) is 0 Å². The minimum Gasteiger partial charge on any atom is -0.364 e. The first-order valence-corrected chi connectivity index (χ1v) is 7.89. The highest BCUT2D eigenvalue weighted by molar-refractivity contribution is 6.35. The predicted octanol–water partition coefficient (Wildman–Crippen LogP) is 1.30. The fourth-order valence-corrected chi connectivity index (χ4v) is 3.16. The van der Waals surface area contributed by atoms with E-state index in [9.17, 15) is 4.79 Å². The Morgan fingerprint density at radius 3 is 2.62 bits per heavy atom. The molecule has 0 unspecified atom stereocenters. The summed E-state index contributed by atoms with van der Waals surface area (Å²) >= 11 is 11.9. The number of hydrogen-bond donors (Lipinski definition) is 2. The number of amides is 1. The molecule has 0 saturated carbocycles. The summed E-state index contributed by atoms with van der Waals surface area (Å²) in [5.41, 5.74) is 0.869. The van der Waals surface area contributed by atoms with E-state index < -0.39 is 0 Å². The Balaban J connectivity index is 1.82. The van der Waals surface area contributed by atoms with Crippen LogP contribution in [0.5, 0.6) is 0 Å². The quantitative estimate of drug-likeness (QED) is 0.873. The van der Waals surface area contributed by atoms with Crippen molar-refractivity contribution in [2.24, 2.45) is 0 Å². The van der Waals surface area contributed by atoms with Crippen LogP contribution >= 0.6 is 23.2 Å². The average molecular weight is 332 g/mol. The third-order valence-electron chi connectivity index (χ3n) is 3.52. The topological polar surface area (TPSA) is 42.8 Å². The molecule has 116 valence electrons. The number of rotatable bonds is 4. The summed E-state index contributed by atoms with van der Waals surface area (Å²) in [7, 11) is 0. The van der Waals surface area contributed by atoms with Crippen LogP contribution in [0.4, 0.5) is 0 Å². The maximum atomic E-state index is 12.0. The zero-order valence-corrected chi connectivity index (χ0v) is 13.8. The van der Waals surface area contributed by atoms with Crippen LogP contribution in [0, 0.1) is 0 Å². The van der Waals surface area contributed by atoms with Crippen molar-refractivity contribution in [3.8, 4) is 0 Å². The van der Waals surface area contributed by atoms with Gasteiger partial charge in [0.2, 0.25) is 0 Å². The number of carbonyl (C=O) groups is 1. The first-order valence-electron chi connectivity index (χ1n) is 7.13. The molecule has 1 amide bonds. The molecule has 2 rings (SSSR count). The number of nitrogens with one attached hydrogen (secondary N) is 2. The molecule has 0 aliphatic carbocycles. The van der Waals surface area contributed by atoms with E-state index in [2.05, 4.69) is 5.32 Å². The van der Waals surface area contributed by atoms with Crippen LogP contribution in [0.2, 0.25) is 10.0 Å². The van der Waals surface area contributed by atoms with E-state index in [0.29, 0.717) is 23.1 Å². The highest BCUT2D eigenvalue weighted by Gasteiger charge is 2.27. The van der Waals surface area contributed by atoms with Gasteiger partial charge in [0.25, 0.3) is 5.91 Å². The lowest BCUT2D eigenvalue weighted by molar-refractivity contribution is -0.907. The van der Waals surface area contributed by atoms with Crippen LogP contribution in [0.3, 0.4) is 0 Å². The second kappa shape index (κ2) is 7.45. The number of hydrogen-bond acceptors (Lipinski definition) is 2. The Kier molecular flexibility index (Phi) is 5.88. The number of benzene rings is 1. The maximum Gasteiger partial charge on any atom is 0.275 e. The van der Waals surface area contributed by atoms with Gasteiger partial charge in [-0.25, -0.2) is 0 Å². The van der Waals surface area contributed by atoms with E-state index in [-0.39, 0.29) is 18.1 Å².